The fourth-order valence-corrected chi connectivity index (χ4v) is 1.72. The quantitative estimate of drug-likeness (QED) is 0.867. The average molecular weight is 234 g/mol. The third-order valence-corrected chi connectivity index (χ3v) is 2.72. The largest absolute Gasteiger partial charge is 0.383 e. The van der Waals surface area contributed by atoms with Crippen LogP contribution in [0.5, 0.6) is 0 Å². The second-order valence-electron chi connectivity index (χ2n) is 3.88. The number of nitrogens with two attached hydrogens (primary N) is 1. The van der Waals surface area contributed by atoms with E-state index in [1.807, 2.05) is 6.92 Å². The monoisotopic (exact) mass is 234 g/mol. The number of anilines is 1. The number of rotatable bonds is 2. The molecule has 0 bridgehead atoms. The van der Waals surface area contributed by atoms with E-state index in [0.717, 1.165) is 17.2 Å². The lowest BCUT2D eigenvalue weighted by Gasteiger charge is -2.09. The zero-order valence-electron chi connectivity index (χ0n) is 9.37. The van der Waals surface area contributed by atoms with Crippen LogP contribution in [0.1, 0.15) is 16.7 Å². The fourth-order valence-electron chi connectivity index (χ4n) is 1.72. The Morgan fingerprint density at radius 2 is 2.00 bits per heavy atom. The molecule has 0 fully saturated rings. The van der Waals surface area contributed by atoms with Crippen molar-refractivity contribution in [1.82, 2.24) is 4.98 Å². The van der Waals surface area contributed by atoms with E-state index >= 15 is 0 Å². The van der Waals surface area contributed by atoms with Crippen molar-refractivity contribution in [3.8, 4) is 0 Å². The van der Waals surface area contributed by atoms with Crippen LogP contribution in [0.3, 0.4) is 0 Å². The molecule has 0 aliphatic heterocycles. The van der Waals surface area contributed by atoms with E-state index in [4.69, 9.17) is 5.73 Å². The highest BCUT2D eigenvalue weighted by Gasteiger charge is 2.11. The lowest BCUT2D eigenvalue weighted by molar-refractivity contribution is 0.500. The van der Waals surface area contributed by atoms with Crippen molar-refractivity contribution in [3.05, 3.63) is 58.8 Å². The summed E-state index contributed by atoms with van der Waals surface area (Å²) in [6.45, 7) is 1.87. The van der Waals surface area contributed by atoms with Crippen molar-refractivity contribution in [1.29, 1.82) is 0 Å². The van der Waals surface area contributed by atoms with E-state index in [1.54, 1.807) is 18.3 Å². The van der Waals surface area contributed by atoms with Crippen LogP contribution in [0.25, 0.3) is 0 Å². The van der Waals surface area contributed by atoms with Crippen LogP contribution in [-0.2, 0) is 6.42 Å². The molecular weight excluding hydrogens is 222 g/mol. The topological polar surface area (TPSA) is 38.9 Å². The van der Waals surface area contributed by atoms with Crippen LogP contribution in [0.15, 0.2) is 30.5 Å². The smallest absolute Gasteiger partial charge is 0.162 e. The van der Waals surface area contributed by atoms with Crippen molar-refractivity contribution in [2.24, 2.45) is 0 Å². The van der Waals surface area contributed by atoms with Gasteiger partial charge in [-0.3, -0.25) is 0 Å². The van der Waals surface area contributed by atoms with Gasteiger partial charge in [-0.05, 0) is 30.2 Å². The number of nitrogens with zero attached hydrogens (tertiary/aromatic N) is 1. The van der Waals surface area contributed by atoms with Gasteiger partial charge in [0.15, 0.2) is 11.6 Å². The molecule has 88 valence electrons. The van der Waals surface area contributed by atoms with E-state index < -0.39 is 11.6 Å². The van der Waals surface area contributed by atoms with E-state index in [0.29, 0.717) is 5.82 Å². The maximum atomic E-state index is 13.5. The number of pyridine rings is 1. The molecule has 2 rings (SSSR count). The van der Waals surface area contributed by atoms with Crippen molar-refractivity contribution in [2.45, 2.75) is 13.3 Å². The van der Waals surface area contributed by atoms with Gasteiger partial charge in [0.1, 0.15) is 5.82 Å². The van der Waals surface area contributed by atoms with E-state index in [-0.39, 0.29) is 12.0 Å². The standard InChI is InChI=1S/C13H12F2N2/c1-8-5-6-17-13(16)10(8)7-9-3-2-4-11(14)12(9)15/h2-6H,7H2,1H3,(H2,16,17). The van der Waals surface area contributed by atoms with E-state index in [2.05, 4.69) is 4.98 Å². The first-order valence-electron chi connectivity index (χ1n) is 5.22. The molecule has 2 N–H and O–H groups in total. The molecule has 0 saturated heterocycles. The summed E-state index contributed by atoms with van der Waals surface area (Å²) in [7, 11) is 0. The van der Waals surface area contributed by atoms with Gasteiger partial charge in [-0.15, -0.1) is 0 Å². The third-order valence-electron chi connectivity index (χ3n) is 2.72. The summed E-state index contributed by atoms with van der Waals surface area (Å²) in [6, 6.07) is 5.92. The Morgan fingerprint density at radius 3 is 2.71 bits per heavy atom. The number of aromatic nitrogens is 1. The molecule has 0 aliphatic carbocycles. The molecule has 4 heteroatoms. The maximum absolute atomic E-state index is 13.5. The van der Waals surface area contributed by atoms with E-state index in [1.165, 1.54) is 6.07 Å². The number of halogens is 2. The Morgan fingerprint density at radius 1 is 1.24 bits per heavy atom. The second kappa shape index (κ2) is 4.49. The van der Waals surface area contributed by atoms with Gasteiger partial charge in [-0.25, -0.2) is 13.8 Å². The minimum Gasteiger partial charge on any atom is -0.383 e. The van der Waals surface area contributed by atoms with Gasteiger partial charge in [0.2, 0.25) is 0 Å². The molecule has 0 amide bonds. The molecule has 0 radical (unpaired) electrons. The average Bonchev–Trinajstić information content (AvgIpc) is 2.29. The summed E-state index contributed by atoms with van der Waals surface area (Å²) in [6.07, 6.45) is 1.84. The lowest BCUT2D eigenvalue weighted by Crippen LogP contribution is -2.03. The Hall–Kier alpha value is -1.97. The van der Waals surface area contributed by atoms with Crippen molar-refractivity contribution < 1.29 is 8.78 Å². The van der Waals surface area contributed by atoms with Crippen LogP contribution in [0.4, 0.5) is 14.6 Å². The minimum absolute atomic E-state index is 0.245. The van der Waals surface area contributed by atoms with Crippen molar-refractivity contribution >= 4 is 5.82 Å². The minimum atomic E-state index is -0.845. The molecule has 1 aromatic carbocycles. The van der Waals surface area contributed by atoms with Gasteiger partial charge < -0.3 is 5.73 Å². The maximum Gasteiger partial charge on any atom is 0.162 e. The zero-order chi connectivity index (χ0) is 12.4. The second-order valence-corrected chi connectivity index (χ2v) is 3.88. The fraction of sp³-hybridized carbons (Fsp3) is 0.154. The highest BCUT2D eigenvalue weighted by atomic mass is 19.2. The summed E-state index contributed by atoms with van der Waals surface area (Å²) < 4.78 is 26.6. The molecular formula is C13H12F2N2. The lowest BCUT2D eigenvalue weighted by atomic mass is 10.0. The number of aryl methyl sites for hydroxylation is 1. The Labute approximate surface area is 98.1 Å². The Bertz CT molecular complexity index is 533. The predicted octanol–water partition coefficient (Wildman–Crippen LogP) is 2.84. The van der Waals surface area contributed by atoms with Gasteiger partial charge in [-0.2, -0.15) is 0 Å². The van der Waals surface area contributed by atoms with Crippen LogP contribution in [0, 0.1) is 18.6 Å². The Balaban J connectivity index is 2.42. The highest BCUT2D eigenvalue weighted by molar-refractivity contribution is 5.46. The SMILES string of the molecule is Cc1ccnc(N)c1Cc1cccc(F)c1F. The summed E-state index contributed by atoms with van der Waals surface area (Å²) in [4.78, 5) is 3.95. The third kappa shape index (κ3) is 2.25. The summed E-state index contributed by atoms with van der Waals surface area (Å²) in [5.41, 5.74) is 7.67. The van der Waals surface area contributed by atoms with Gasteiger partial charge in [-0.1, -0.05) is 12.1 Å². The molecule has 1 aromatic heterocycles. The predicted molar refractivity (Wildman–Crippen MR) is 62.6 cm³/mol. The van der Waals surface area contributed by atoms with Crippen molar-refractivity contribution in [3.63, 3.8) is 0 Å². The molecule has 0 unspecified atom stereocenters. The van der Waals surface area contributed by atoms with Crippen molar-refractivity contribution in [2.75, 3.05) is 5.73 Å². The van der Waals surface area contributed by atoms with Gasteiger partial charge in [0.25, 0.3) is 0 Å². The van der Waals surface area contributed by atoms with E-state index in [9.17, 15) is 8.78 Å². The van der Waals surface area contributed by atoms with Gasteiger partial charge in [0, 0.05) is 18.2 Å². The molecule has 0 saturated carbocycles. The molecule has 2 aromatic rings. The Kier molecular flexibility index (Phi) is 3.04. The molecule has 1 heterocycles. The summed E-state index contributed by atoms with van der Waals surface area (Å²) in [5, 5.41) is 0. The molecule has 0 spiro atoms. The van der Waals surface area contributed by atoms with Crippen LogP contribution >= 0.6 is 0 Å². The van der Waals surface area contributed by atoms with Gasteiger partial charge in [0.05, 0.1) is 0 Å². The van der Waals surface area contributed by atoms with Crippen LogP contribution < -0.4 is 5.73 Å². The number of hydrogen-bond acceptors (Lipinski definition) is 2. The first kappa shape index (κ1) is 11.5. The first-order valence-corrected chi connectivity index (χ1v) is 5.22. The molecule has 17 heavy (non-hydrogen) atoms. The summed E-state index contributed by atoms with van der Waals surface area (Å²) in [5.74, 6) is -1.31. The zero-order valence-corrected chi connectivity index (χ0v) is 9.37. The van der Waals surface area contributed by atoms with Crippen LogP contribution in [0.2, 0.25) is 0 Å². The molecule has 2 nitrogen and oxygen atoms in total. The van der Waals surface area contributed by atoms with Crippen LogP contribution in [-0.4, -0.2) is 4.98 Å². The van der Waals surface area contributed by atoms with Gasteiger partial charge >= 0.3 is 0 Å². The number of benzene rings is 1. The summed E-state index contributed by atoms with van der Waals surface area (Å²) >= 11 is 0. The number of hydrogen-bond donors (Lipinski definition) is 1. The highest BCUT2D eigenvalue weighted by Crippen LogP contribution is 2.21. The molecule has 0 atom stereocenters. The number of nitrogen functional groups attached to an aromatic ring is 1. The molecule has 0 aliphatic rings. The first-order chi connectivity index (χ1) is 8.09. The normalized spacial score (nSPS) is 10.5.